The fraction of sp³-hybridized carbons (Fsp3) is 0.700. The van der Waals surface area contributed by atoms with Crippen LogP contribution in [0.5, 0.6) is 0 Å². The average Bonchev–Trinajstić information content (AvgIpc) is 3.97. The Morgan fingerprint density at radius 3 is 2.09 bits per heavy atom. The van der Waals surface area contributed by atoms with E-state index in [9.17, 15) is 28.8 Å². The van der Waals surface area contributed by atoms with Gasteiger partial charge in [0.2, 0.25) is 23.6 Å². The maximum absolute atomic E-state index is 14.5. The molecule has 2 heterocycles. The zero-order chi connectivity index (χ0) is 51.0. The molecule has 0 unspecified atom stereocenters. The number of aromatic nitrogens is 1. The Bertz CT molecular complexity index is 1930. The second kappa shape index (κ2) is 26.9. The molecule has 0 bridgehead atoms. The molecule has 0 aliphatic carbocycles. The molecule has 0 spiro atoms. The summed E-state index contributed by atoms with van der Waals surface area (Å²) < 4.78 is 17.4. The largest absolute Gasteiger partial charge is 0.444 e. The van der Waals surface area contributed by atoms with Gasteiger partial charge in [0, 0.05) is 46.3 Å². The number of carbonyl (C=O) groups excluding carboxylic acids is 6. The fourth-order valence-electron chi connectivity index (χ4n) is 9.06. The molecule has 1 fully saturated rings. The predicted molar refractivity (Wildman–Crippen MR) is 265 cm³/mol. The van der Waals surface area contributed by atoms with Gasteiger partial charge in [0.25, 0.3) is 5.91 Å². The summed E-state index contributed by atoms with van der Waals surface area (Å²) >= 11 is 1.26. The molecule has 18 heteroatoms. The van der Waals surface area contributed by atoms with Gasteiger partial charge in [0.05, 0.1) is 48.7 Å². The first kappa shape index (κ1) is 57.7. The molecule has 1 aromatic heterocycles. The molecule has 0 saturated carbocycles. The molecule has 1 saturated heterocycles. The van der Waals surface area contributed by atoms with E-state index in [1.54, 1.807) is 64.1 Å². The van der Waals surface area contributed by atoms with Gasteiger partial charge in [-0.15, -0.1) is 11.3 Å². The zero-order valence-corrected chi connectivity index (χ0v) is 44.2. The molecule has 4 N–H and O–H groups in total. The lowest BCUT2D eigenvalue weighted by Gasteiger charge is -2.41. The maximum Gasteiger partial charge on any atom is 0.407 e. The summed E-state index contributed by atoms with van der Waals surface area (Å²) in [5, 5.41) is 13.8. The molecule has 1 aliphatic rings. The number of alkyl carbamates (subject to hydrolysis) is 1. The van der Waals surface area contributed by atoms with Gasteiger partial charge in [-0.1, -0.05) is 85.2 Å². The van der Waals surface area contributed by atoms with E-state index in [0.29, 0.717) is 37.2 Å². The van der Waals surface area contributed by atoms with E-state index in [4.69, 9.17) is 14.2 Å². The third kappa shape index (κ3) is 16.5. The molecular weight excluding hydrogens is 889 g/mol. The number of likely N-dealkylation sites (tertiary alicyclic amines) is 1. The van der Waals surface area contributed by atoms with Crippen LogP contribution in [0.1, 0.15) is 122 Å². The second-order valence-corrected chi connectivity index (χ2v) is 20.9. The van der Waals surface area contributed by atoms with Crippen LogP contribution in [0.3, 0.4) is 0 Å². The van der Waals surface area contributed by atoms with Crippen LogP contribution in [-0.2, 0) is 39.8 Å². The molecule has 1 aliphatic heterocycles. The molecule has 1 aromatic carbocycles. The molecule has 3 rings (SSSR count). The van der Waals surface area contributed by atoms with E-state index in [1.807, 2.05) is 90.9 Å². The minimum atomic E-state index is -0.790. The van der Waals surface area contributed by atoms with Gasteiger partial charge in [0.1, 0.15) is 22.3 Å². The Hall–Kier alpha value is -4.65. The molecule has 6 amide bonds. The molecule has 17 nitrogen and oxygen atoms in total. The lowest BCUT2D eigenvalue weighted by Crippen LogP contribution is -2.59. The van der Waals surface area contributed by atoms with Crippen molar-refractivity contribution < 1.29 is 43.0 Å². The lowest BCUT2D eigenvalue weighted by atomic mass is 9.89. The third-order valence-corrected chi connectivity index (χ3v) is 13.6. The minimum Gasteiger partial charge on any atom is -0.444 e. The van der Waals surface area contributed by atoms with Crippen molar-refractivity contribution in [3.63, 3.8) is 0 Å². The summed E-state index contributed by atoms with van der Waals surface area (Å²) in [6.45, 7) is 19.7. The van der Waals surface area contributed by atoms with Gasteiger partial charge in [-0.3, -0.25) is 28.9 Å². The topological polar surface area (TPSA) is 201 Å². The van der Waals surface area contributed by atoms with Crippen LogP contribution >= 0.6 is 11.3 Å². The number of amides is 6. The van der Waals surface area contributed by atoms with E-state index >= 15 is 0 Å². The number of thiazole rings is 1. The average molecular weight is 971 g/mol. The van der Waals surface area contributed by atoms with E-state index in [2.05, 4.69) is 26.3 Å². The molecule has 68 heavy (non-hydrogen) atoms. The summed E-state index contributed by atoms with van der Waals surface area (Å²) in [6.07, 6.45) is 0.546. The number of rotatable bonds is 25. The Morgan fingerprint density at radius 2 is 1.53 bits per heavy atom. The summed E-state index contributed by atoms with van der Waals surface area (Å²) in [5.41, 5.74) is 0.498. The Morgan fingerprint density at radius 1 is 0.882 bits per heavy atom. The Labute approximate surface area is 409 Å². The van der Waals surface area contributed by atoms with Gasteiger partial charge < -0.3 is 45.3 Å². The van der Waals surface area contributed by atoms with E-state index in [1.165, 1.54) is 11.3 Å². The van der Waals surface area contributed by atoms with Crippen LogP contribution in [0.4, 0.5) is 4.79 Å². The molecular formula is C50H82N8O9S. The van der Waals surface area contributed by atoms with Crippen LogP contribution in [0, 0.1) is 23.7 Å². The van der Waals surface area contributed by atoms with E-state index in [-0.39, 0.29) is 66.6 Å². The number of benzene rings is 1. The summed E-state index contributed by atoms with van der Waals surface area (Å²) in [7, 11) is 8.53. The monoisotopic (exact) mass is 971 g/mol. The van der Waals surface area contributed by atoms with Gasteiger partial charge >= 0.3 is 6.09 Å². The highest BCUT2D eigenvalue weighted by Crippen LogP contribution is 2.31. The first-order chi connectivity index (χ1) is 31.9. The number of likely N-dealkylation sites (N-methyl/N-ethyl adjacent to an activating group) is 2. The maximum atomic E-state index is 14.5. The number of ether oxygens (including phenoxy) is 3. The van der Waals surface area contributed by atoms with Crippen LogP contribution in [0.25, 0.3) is 0 Å². The zero-order valence-electron chi connectivity index (χ0n) is 43.3. The van der Waals surface area contributed by atoms with Crippen LogP contribution in [0.15, 0.2) is 35.7 Å². The minimum absolute atomic E-state index is 0.00917. The fourth-order valence-corrected chi connectivity index (χ4v) is 9.91. The van der Waals surface area contributed by atoms with E-state index in [0.717, 1.165) is 5.56 Å². The summed E-state index contributed by atoms with van der Waals surface area (Å²) in [4.78, 5) is 91.8. The highest BCUT2D eigenvalue weighted by atomic mass is 32.1. The molecule has 382 valence electrons. The highest BCUT2D eigenvalue weighted by molar-refractivity contribution is 7.09. The van der Waals surface area contributed by atoms with Crippen molar-refractivity contribution in [1.82, 2.24) is 41.0 Å². The van der Waals surface area contributed by atoms with Crippen molar-refractivity contribution in [2.45, 2.75) is 149 Å². The number of carbonyl (C=O) groups is 6. The van der Waals surface area contributed by atoms with E-state index < -0.39 is 65.9 Å². The van der Waals surface area contributed by atoms with Crippen molar-refractivity contribution >= 4 is 47.0 Å². The Balaban J connectivity index is 1.79. The smallest absolute Gasteiger partial charge is 0.407 e. The second-order valence-electron chi connectivity index (χ2n) is 20.0. The lowest BCUT2D eigenvalue weighted by molar-refractivity contribution is -0.148. The van der Waals surface area contributed by atoms with Crippen molar-refractivity contribution in [3.8, 4) is 0 Å². The summed E-state index contributed by atoms with van der Waals surface area (Å²) in [6, 6.07) is 6.98. The number of hydrogen-bond donors (Lipinski definition) is 4. The van der Waals surface area contributed by atoms with Gasteiger partial charge in [-0.05, 0) is 77.4 Å². The van der Waals surface area contributed by atoms with Gasteiger partial charge in [-0.25, -0.2) is 9.78 Å². The van der Waals surface area contributed by atoms with Crippen LogP contribution in [0.2, 0.25) is 0 Å². The first-order valence-electron chi connectivity index (χ1n) is 24.1. The quantitative estimate of drug-likeness (QED) is 0.0924. The third-order valence-electron chi connectivity index (χ3n) is 12.7. The Kier molecular flexibility index (Phi) is 22.8. The molecule has 2 aromatic rings. The van der Waals surface area contributed by atoms with Crippen molar-refractivity contribution in [1.29, 1.82) is 0 Å². The predicted octanol–water partition coefficient (Wildman–Crippen LogP) is 5.44. The summed E-state index contributed by atoms with van der Waals surface area (Å²) in [5.74, 6) is -2.28. The molecule has 9 atom stereocenters. The van der Waals surface area contributed by atoms with Crippen molar-refractivity contribution in [3.05, 3.63) is 52.0 Å². The number of methoxy groups -OCH3 is 2. The normalized spacial score (nSPS) is 17.7. The SMILES string of the molecule is CC[C@H](C)[C@@H]([C@@H](CC(=O)N1CCC[C@H]1[C@H](OC)[C@@H](C)C(=O)N[C@@H](Cc1ccccc1)c1nc(C(=O)NCCNC(=O)OC(C)(C)C)cs1)OC)N(C)C(=O)[C@@H](NC(=O)[C@H](C(C)C)N(C)C)C(C)C. The number of nitrogens with one attached hydrogen (secondary N) is 4. The molecule has 0 radical (unpaired) electrons. The highest BCUT2D eigenvalue weighted by Gasteiger charge is 2.43. The number of nitrogens with zero attached hydrogens (tertiary/aromatic N) is 4. The number of hydrogen-bond acceptors (Lipinski definition) is 12. The van der Waals surface area contributed by atoms with Gasteiger partial charge in [-0.2, -0.15) is 0 Å². The first-order valence-corrected chi connectivity index (χ1v) is 25.0. The van der Waals surface area contributed by atoms with Crippen LogP contribution in [-0.4, -0.2) is 152 Å². The standard InChI is InChI=1S/C50H82N8O9S/c1-16-32(6)42(57(13)48(63)40(30(2)3)55-46(62)41(31(4)5)56(11)12)38(65-14)28-39(59)58-26-20-23-37(58)43(66-15)33(7)44(60)53-35(27-34-21-18-17-19-22-34)47-54-36(29-68-47)45(61)51-24-25-52-49(64)67-50(8,9)10/h17-19,21-22,29-33,35,37-38,40-43H,16,20,23-28H2,1-15H3,(H,51,61)(H,52,64)(H,53,60)(H,55,62)/t32-,33+,35-,37-,38+,40-,41-,42-,43+/m0/s1. The van der Waals surface area contributed by atoms with Gasteiger partial charge in [0.15, 0.2) is 0 Å². The van der Waals surface area contributed by atoms with Crippen molar-refractivity contribution in [2.75, 3.05) is 55.0 Å². The van der Waals surface area contributed by atoms with Crippen molar-refractivity contribution in [2.24, 2.45) is 23.7 Å². The van der Waals surface area contributed by atoms with Crippen LogP contribution < -0.4 is 21.3 Å².